The highest BCUT2D eigenvalue weighted by Gasteiger charge is 2.61. The van der Waals surface area contributed by atoms with Crippen molar-refractivity contribution in [3.8, 4) is 0 Å². The van der Waals surface area contributed by atoms with Gasteiger partial charge in [0.05, 0.1) is 0 Å². The van der Waals surface area contributed by atoms with Crippen molar-refractivity contribution in [2.24, 2.45) is 70.0 Å². The van der Waals surface area contributed by atoms with Crippen molar-refractivity contribution in [2.75, 3.05) is 0 Å². The first-order valence-electron chi connectivity index (χ1n) is 24.1. The van der Waals surface area contributed by atoms with Gasteiger partial charge in [0, 0.05) is 44.3 Å². The summed E-state index contributed by atoms with van der Waals surface area (Å²) in [7, 11) is 0. The van der Waals surface area contributed by atoms with Crippen LogP contribution in [-0.2, 0) is 0 Å². The van der Waals surface area contributed by atoms with Gasteiger partial charge in [0.15, 0.2) is 0 Å². The fraction of sp³-hybridized carbons (Fsp3) is 1.00. The van der Waals surface area contributed by atoms with E-state index in [1.54, 1.807) is 0 Å². The van der Waals surface area contributed by atoms with Crippen molar-refractivity contribution in [1.29, 1.82) is 0 Å². The Morgan fingerprint density at radius 2 is 0.482 bits per heavy atom. The molecule has 0 aromatic heterocycles. The van der Waals surface area contributed by atoms with Crippen LogP contribution in [0.3, 0.4) is 0 Å². The second-order valence-corrected chi connectivity index (χ2v) is 29.2. The minimum absolute atomic E-state index is 0.136. The van der Waals surface area contributed by atoms with Gasteiger partial charge >= 0.3 is 0 Å². The van der Waals surface area contributed by atoms with Crippen LogP contribution in [0.25, 0.3) is 0 Å². The highest BCUT2D eigenvalue weighted by molar-refractivity contribution is 5.13. The maximum absolute atomic E-state index is 4.21. The van der Waals surface area contributed by atoms with Crippen LogP contribution in [0.15, 0.2) is 0 Å². The van der Waals surface area contributed by atoms with Crippen molar-refractivity contribution in [1.82, 2.24) is 21.3 Å². The highest BCUT2D eigenvalue weighted by atomic mass is 15.1. The van der Waals surface area contributed by atoms with Gasteiger partial charge < -0.3 is 21.3 Å². The molecule has 0 aromatic carbocycles. The van der Waals surface area contributed by atoms with Crippen LogP contribution in [0.5, 0.6) is 0 Å². The molecule has 0 spiro atoms. The highest BCUT2D eigenvalue weighted by Crippen LogP contribution is 2.65. The second-order valence-electron chi connectivity index (χ2n) is 29.2. The van der Waals surface area contributed by atoms with Crippen LogP contribution in [-0.4, -0.2) is 44.3 Å². The lowest BCUT2D eigenvalue weighted by atomic mass is 9.42. The predicted octanol–water partition coefficient (Wildman–Crippen LogP) is 12.6. The Hall–Kier alpha value is -0.160. The summed E-state index contributed by atoms with van der Waals surface area (Å²) in [6.45, 7) is 51.3. The zero-order valence-corrected chi connectivity index (χ0v) is 41.3. The molecule has 0 aromatic rings. The maximum atomic E-state index is 4.21. The molecule has 2 saturated carbocycles. The molecule has 4 N–H and O–H groups in total. The van der Waals surface area contributed by atoms with Gasteiger partial charge in [0.25, 0.3) is 0 Å². The van der Waals surface area contributed by atoms with E-state index in [0.29, 0.717) is 10.8 Å². The third kappa shape index (κ3) is 10.5. The summed E-state index contributed by atoms with van der Waals surface area (Å²) in [5.41, 5.74) is 1.95. The van der Waals surface area contributed by atoms with Gasteiger partial charge in [-0.05, 0) is 258 Å². The molecule has 4 heteroatoms. The van der Waals surface area contributed by atoms with Gasteiger partial charge in [-0.1, -0.05) is 27.7 Å². The fourth-order valence-electron chi connectivity index (χ4n) is 18.4. The summed E-state index contributed by atoms with van der Waals surface area (Å²) in [6, 6.07) is 0. The summed E-state index contributed by atoms with van der Waals surface area (Å²) in [5.74, 6) is 7.62. The molecule has 5 atom stereocenters. The second kappa shape index (κ2) is 14.2. The summed E-state index contributed by atoms with van der Waals surface area (Å²) in [4.78, 5) is 0. The van der Waals surface area contributed by atoms with E-state index >= 15 is 0 Å². The van der Waals surface area contributed by atoms with Crippen molar-refractivity contribution < 1.29 is 0 Å². The molecule has 4 saturated heterocycles. The van der Waals surface area contributed by atoms with Crippen LogP contribution in [0, 0.1) is 70.0 Å². The zero-order valence-electron chi connectivity index (χ0n) is 41.3. The number of piperidine rings is 4. The van der Waals surface area contributed by atoms with E-state index in [2.05, 4.69) is 160 Å². The van der Waals surface area contributed by atoms with Crippen molar-refractivity contribution in [2.45, 2.75) is 260 Å². The first-order valence-corrected chi connectivity index (χ1v) is 24.1. The van der Waals surface area contributed by atoms with Crippen molar-refractivity contribution >= 4 is 0 Å². The summed E-state index contributed by atoms with van der Waals surface area (Å²) in [6.07, 6.45) is 16.2. The molecule has 6 rings (SSSR count). The molecule has 6 fully saturated rings. The van der Waals surface area contributed by atoms with E-state index in [9.17, 15) is 0 Å². The third-order valence-corrected chi connectivity index (χ3v) is 16.7. The molecule has 0 amide bonds. The van der Waals surface area contributed by atoms with E-state index < -0.39 is 0 Å². The molecule has 56 heavy (non-hydrogen) atoms. The molecular formula is C52H98N4. The summed E-state index contributed by atoms with van der Waals surface area (Å²) >= 11 is 0. The zero-order chi connectivity index (χ0) is 42.1. The Kier molecular flexibility index (Phi) is 11.5. The standard InChI is InChI=1S/C52H98N4/c1-43(2)22-33(23-44(3,4)32-43)38-21-39(34-24-45(5,6)53-46(7,8)25-34)41(36-28-49(13,14)55-50(15,16)29-36)42(37-30-51(17,18)56-52(19,20)31-37)40(38)35-26-47(9,10)54-48(11,12)27-35/h33-42,53-56H,21-32H2,1-20H3. The van der Waals surface area contributed by atoms with Crippen LogP contribution in [0.2, 0.25) is 0 Å². The van der Waals surface area contributed by atoms with Gasteiger partial charge in [-0.25, -0.2) is 0 Å². The topological polar surface area (TPSA) is 48.1 Å². The number of hydrogen-bond acceptors (Lipinski definition) is 4. The van der Waals surface area contributed by atoms with Crippen LogP contribution >= 0.6 is 0 Å². The largest absolute Gasteiger partial charge is 0.307 e. The first kappa shape index (κ1) is 45.4. The normalized spacial score (nSPS) is 39.5. The minimum Gasteiger partial charge on any atom is -0.307 e. The average molecular weight is 779 g/mol. The van der Waals surface area contributed by atoms with Crippen molar-refractivity contribution in [3.05, 3.63) is 0 Å². The molecule has 6 aliphatic rings. The van der Waals surface area contributed by atoms with Crippen molar-refractivity contribution in [3.63, 3.8) is 0 Å². The molecule has 4 heterocycles. The van der Waals surface area contributed by atoms with Crippen LogP contribution in [0.1, 0.15) is 216 Å². The van der Waals surface area contributed by atoms with E-state index in [-0.39, 0.29) is 44.3 Å². The van der Waals surface area contributed by atoms with Gasteiger partial charge in [0.1, 0.15) is 0 Å². The lowest BCUT2D eigenvalue weighted by molar-refractivity contribution is -0.147. The van der Waals surface area contributed by atoms with Crippen LogP contribution in [0.4, 0.5) is 0 Å². The molecule has 2 aliphatic carbocycles. The lowest BCUT2D eigenvalue weighted by Crippen LogP contribution is -2.66. The number of nitrogens with one attached hydrogen (secondary N) is 4. The Balaban J connectivity index is 1.63. The third-order valence-electron chi connectivity index (χ3n) is 16.7. The summed E-state index contributed by atoms with van der Waals surface area (Å²) < 4.78 is 0. The van der Waals surface area contributed by atoms with Crippen LogP contribution < -0.4 is 21.3 Å². The number of hydrogen-bond donors (Lipinski definition) is 4. The quantitative estimate of drug-likeness (QED) is 0.225. The molecule has 5 unspecified atom stereocenters. The van der Waals surface area contributed by atoms with E-state index in [4.69, 9.17) is 0 Å². The maximum Gasteiger partial charge on any atom is 0.0132 e. The molecular weight excluding hydrogens is 681 g/mol. The monoisotopic (exact) mass is 779 g/mol. The average Bonchev–Trinajstić information content (AvgIpc) is 2.87. The van der Waals surface area contributed by atoms with E-state index in [0.717, 1.165) is 59.2 Å². The lowest BCUT2D eigenvalue weighted by Gasteiger charge is -2.65. The SMILES string of the molecule is CC1(C)CC(C2CC(C3CC(C)(C)NC(C)(C)C3)C(C3CC(C)(C)NC(C)(C)C3)C(C3CC(C)(C)NC(C)(C)C3)C2C2CC(C)(C)NC(C)(C)C2)CC(C)(C)C1. The molecule has 0 bridgehead atoms. The van der Waals surface area contributed by atoms with Gasteiger partial charge in [-0.15, -0.1) is 0 Å². The van der Waals surface area contributed by atoms with E-state index in [1.165, 1.54) is 77.0 Å². The Morgan fingerprint density at radius 3 is 0.750 bits per heavy atom. The van der Waals surface area contributed by atoms with Gasteiger partial charge in [0.2, 0.25) is 0 Å². The molecule has 0 radical (unpaired) electrons. The Morgan fingerprint density at radius 1 is 0.268 bits per heavy atom. The molecule has 4 nitrogen and oxygen atoms in total. The minimum atomic E-state index is 0.136. The van der Waals surface area contributed by atoms with Gasteiger partial charge in [-0.3, -0.25) is 0 Å². The van der Waals surface area contributed by atoms with Gasteiger partial charge in [-0.2, -0.15) is 0 Å². The predicted molar refractivity (Wildman–Crippen MR) is 243 cm³/mol. The van der Waals surface area contributed by atoms with E-state index in [1.807, 2.05) is 0 Å². The number of rotatable bonds is 5. The Labute approximate surface area is 350 Å². The Bertz CT molecular complexity index is 1240. The smallest absolute Gasteiger partial charge is 0.0132 e. The molecule has 4 aliphatic heterocycles. The molecule has 326 valence electrons. The first-order chi connectivity index (χ1) is 25.0. The summed E-state index contributed by atoms with van der Waals surface area (Å²) in [5, 5.41) is 16.8. The fourth-order valence-corrected chi connectivity index (χ4v) is 18.4.